The SMILES string of the molecule is CCOc1cc(/C=C(/C#N)C(=O)NC2CCCC2)c(Br)cc1OCc1cccc2ccccc12. The number of amides is 1. The highest BCUT2D eigenvalue weighted by Gasteiger charge is 2.20. The van der Waals surface area contributed by atoms with E-state index in [4.69, 9.17) is 9.47 Å². The van der Waals surface area contributed by atoms with Crippen molar-refractivity contribution >= 4 is 38.7 Å². The second-order valence-corrected chi connectivity index (χ2v) is 9.16. The Morgan fingerprint density at radius 2 is 1.85 bits per heavy atom. The number of halogens is 1. The Labute approximate surface area is 208 Å². The van der Waals surface area contributed by atoms with Crippen LogP contribution in [0.4, 0.5) is 0 Å². The van der Waals surface area contributed by atoms with Gasteiger partial charge in [0.1, 0.15) is 18.2 Å². The number of rotatable bonds is 8. The molecule has 0 spiro atoms. The summed E-state index contributed by atoms with van der Waals surface area (Å²) in [4.78, 5) is 12.6. The number of nitrogens with one attached hydrogen (secondary N) is 1. The van der Waals surface area contributed by atoms with Gasteiger partial charge in [0.25, 0.3) is 5.91 Å². The molecular formula is C28H27BrN2O3. The molecule has 6 heteroatoms. The molecule has 1 amide bonds. The van der Waals surface area contributed by atoms with Crippen LogP contribution in [0.2, 0.25) is 0 Å². The van der Waals surface area contributed by atoms with E-state index in [9.17, 15) is 10.1 Å². The number of carbonyl (C=O) groups is 1. The number of nitriles is 1. The molecule has 1 aliphatic carbocycles. The highest BCUT2D eigenvalue weighted by atomic mass is 79.9. The van der Waals surface area contributed by atoms with Crippen LogP contribution in [0, 0.1) is 11.3 Å². The van der Waals surface area contributed by atoms with Gasteiger partial charge in [-0.05, 0) is 59.9 Å². The number of hydrogen-bond acceptors (Lipinski definition) is 4. The highest BCUT2D eigenvalue weighted by Crippen LogP contribution is 2.36. The monoisotopic (exact) mass is 518 g/mol. The van der Waals surface area contributed by atoms with Gasteiger partial charge in [-0.15, -0.1) is 0 Å². The van der Waals surface area contributed by atoms with Crippen molar-refractivity contribution in [3.05, 3.63) is 75.8 Å². The van der Waals surface area contributed by atoms with Gasteiger partial charge in [0.05, 0.1) is 6.61 Å². The molecule has 0 atom stereocenters. The van der Waals surface area contributed by atoms with Crippen molar-refractivity contribution in [1.29, 1.82) is 5.26 Å². The lowest BCUT2D eigenvalue weighted by atomic mass is 10.1. The third-order valence-electron chi connectivity index (χ3n) is 5.98. The number of hydrogen-bond donors (Lipinski definition) is 1. The standard InChI is InChI=1S/C28H27BrN2O3/c1-2-33-26-15-21(14-22(17-30)28(32)31-23-11-4-5-12-23)25(29)16-27(26)34-18-20-10-7-9-19-8-3-6-13-24(19)20/h3,6-10,13-16,23H,2,4-5,11-12,18H2,1H3,(H,31,32)/b22-14-. The van der Waals surface area contributed by atoms with E-state index in [2.05, 4.69) is 45.5 Å². The molecule has 0 heterocycles. The summed E-state index contributed by atoms with van der Waals surface area (Å²) in [7, 11) is 0. The third-order valence-corrected chi connectivity index (χ3v) is 6.67. The fraction of sp³-hybridized carbons (Fsp3) is 0.286. The summed E-state index contributed by atoms with van der Waals surface area (Å²) in [5.41, 5.74) is 1.83. The van der Waals surface area contributed by atoms with Gasteiger partial charge in [0.15, 0.2) is 11.5 Å². The Kier molecular flexibility index (Phi) is 7.87. The average Bonchev–Trinajstić information content (AvgIpc) is 3.36. The normalized spacial score (nSPS) is 14.1. The van der Waals surface area contributed by atoms with Crippen molar-refractivity contribution in [2.75, 3.05) is 6.61 Å². The van der Waals surface area contributed by atoms with Gasteiger partial charge >= 0.3 is 0 Å². The summed E-state index contributed by atoms with van der Waals surface area (Å²) < 4.78 is 12.7. The molecule has 5 nitrogen and oxygen atoms in total. The van der Waals surface area contributed by atoms with E-state index in [-0.39, 0.29) is 17.5 Å². The van der Waals surface area contributed by atoms with Gasteiger partial charge in [-0.3, -0.25) is 4.79 Å². The fourth-order valence-electron chi connectivity index (χ4n) is 4.25. The molecule has 0 aromatic heterocycles. The zero-order valence-corrected chi connectivity index (χ0v) is 20.7. The first-order valence-corrected chi connectivity index (χ1v) is 12.4. The second kappa shape index (κ2) is 11.2. The Morgan fingerprint density at radius 3 is 2.62 bits per heavy atom. The number of nitrogens with zero attached hydrogens (tertiary/aromatic N) is 1. The maximum atomic E-state index is 12.6. The Bertz CT molecular complexity index is 1250. The van der Waals surface area contributed by atoms with Crippen LogP contribution in [-0.2, 0) is 11.4 Å². The average molecular weight is 519 g/mol. The van der Waals surface area contributed by atoms with Crippen molar-refractivity contribution in [2.24, 2.45) is 0 Å². The topological polar surface area (TPSA) is 71.3 Å². The lowest BCUT2D eigenvalue weighted by Crippen LogP contribution is -2.33. The summed E-state index contributed by atoms with van der Waals surface area (Å²) in [5, 5.41) is 14.9. The molecule has 1 saturated carbocycles. The summed E-state index contributed by atoms with van der Waals surface area (Å²) >= 11 is 3.57. The zero-order chi connectivity index (χ0) is 23.9. The van der Waals surface area contributed by atoms with Crippen LogP contribution < -0.4 is 14.8 Å². The van der Waals surface area contributed by atoms with Gasteiger partial charge in [-0.25, -0.2) is 0 Å². The van der Waals surface area contributed by atoms with Gasteiger partial charge in [0, 0.05) is 10.5 Å². The zero-order valence-electron chi connectivity index (χ0n) is 19.1. The Balaban J connectivity index is 1.57. The highest BCUT2D eigenvalue weighted by molar-refractivity contribution is 9.10. The number of carbonyl (C=O) groups excluding carboxylic acids is 1. The lowest BCUT2D eigenvalue weighted by Gasteiger charge is -2.15. The minimum atomic E-state index is -0.337. The number of ether oxygens (including phenoxy) is 2. The molecule has 0 saturated heterocycles. The molecule has 0 radical (unpaired) electrons. The fourth-order valence-corrected chi connectivity index (χ4v) is 4.69. The van der Waals surface area contributed by atoms with Crippen molar-refractivity contribution in [3.8, 4) is 17.6 Å². The molecule has 1 fully saturated rings. The predicted molar refractivity (Wildman–Crippen MR) is 138 cm³/mol. The quantitative estimate of drug-likeness (QED) is 0.271. The minimum Gasteiger partial charge on any atom is -0.490 e. The molecule has 4 rings (SSSR count). The van der Waals surface area contributed by atoms with E-state index in [1.54, 1.807) is 12.1 Å². The number of fused-ring (bicyclic) bond motifs is 1. The third kappa shape index (κ3) is 5.60. The van der Waals surface area contributed by atoms with Crippen LogP contribution in [0.5, 0.6) is 11.5 Å². The van der Waals surface area contributed by atoms with E-state index in [0.717, 1.165) is 42.0 Å². The molecule has 1 aliphatic rings. The first-order chi connectivity index (χ1) is 16.6. The molecule has 0 unspecified atom stereocenters. The van der Waals surface area contributed by atoms with Crippen LogP contribution >= 0.6 is 15.9 Å². The molecule has 174 valence electrons. The predicted octanol–water partition coefficient (Wildman–Crippen LogP) is 6.55. The lowest BCUT2D eigenvalue weighted by molar-refractivity contribution is -0.117. The Morgan fingerprint density at radius 1 is 1.12 bits per heavy atom. The van der Waals surface area contributed by atoms with Crippen LogP contribution in [0.3, 0.4) is 0 Å². The first-order valence-electron chi connectivity index (χ1n) is 11.6. The van der Waals surface area contributed by atoms with Gasteiger partial charge in [-0.2, -0.15) is 5.26 Å². The van der Waals surface area contributed by atoms with Crippen LogP contribution in [-0.4, -0.2) is 18.6 Å². The molecule has 0 aliphatic heterocycles. The van der Waals surface area contributed by atoms with E-state index in [1.807, 2.05) is 37.3 Å². The molecule has 3 aromatic carbocycles. The van der Waals surface area contributed by atoms with Crippen LogP contribution in [0.25, 0.3) is 16.8 Å². The molecule has 1 N–H and O–H groups in total. The summed E-state index contributed by atoms with van der Waals surface area (Å²) in [6.07, 6.45) is 5.74. The molecule has 34 heavy (non-hydrogen) atoms. The maximum absolute atomic E-state index is 12.6. The smallest absolute Gasteiger partial charge is 0.262 e. The summed E-state index contributed by atoms with van der Waals surface area (Å²) in [6, 6.07) is 20.2. The van der Waals surface area contributed by atoms with Crippen molar-refractivity contribution in [3.63, 3.8) is 0 Å². The maximum Gasteiger partial charge on any atom is 0.262 e. The number of benzene rings is 3. The largest absolute Gasteiger partial charge is 0.490 e. The van der Waals surface area contributed by atoms with Gasteiger partial charge in [0.2, 0.25) is 0 Å². The van der Waals surface area contributed by atoms with E-state index >= 15 is 0 Å². The van der Waals surface area contributed by atoms with Crippen LogP contribution in [0.15, 0.2) is 64.6 Å². The van der Waals surface area contributed by atoms with Crippen molar-refractivity contribution < 1.29 is 14.3 Å². The van der Waals surface area contributed by atoms with Crippen LogP contribution in [0.1, 0.15) is 43.7 Å². The minimum absolute atomic E-state index is 0.0690. The van der Waals surface area contributed by atoms with Crippen molar-refractivity contribution in [2.45, 2.75) is 45.3 Å². The second-order valence-electron chi connectivity index (χ2n) is 8.31. The van der Waals surface area contributed by atoms with Gasteiger partial charge in [-0.1, -0.05) is 71.2 Å². The van der Waals surface area contributed by atoms with E-state index < -0.39 is 0 Å². The van der Waals surface area contributed by atoms with Gasteiger partial charge < -0.3 is 14.8 Å². The molecule has 3 aromatic rings. The molecule has 0 bridgehead atoms. The Hall–Kier alpha value is -3.30. The first kappa shape index (κ1) is 23.8. The summed E-state index contributed by atoms with van der Waals surface area (Å²) in [6.45, 7) is 2.75. The summed E-state index contributed by atoms with van der Waals surface area (Å²) in [5.74, 6) is 0.814. The van der Waals surface area contributed by atoms with E-state index in [0.29, 0.717) is 34.7 Å². The van der Waals surface area contributed by atoms with E-state index in [1.165, 1.54) is 0 Å². The molecular weight excluding hydrogens is 492 g/mol. The van der Waals surface area contributed by atoms with Crippen molar-refractivity contribution in [1.82, 2.24) is 5.32 Å².